The predicted octanol–water partition coefficient (Wildman–Crippen LogP) is 2.10. The number of ether oxygens (including phenoxy) is 2. The summed E-state index contributed by atoms with van der Waals surface area (Å²) >= 11 is 0. The monoisotopic (exact) mass is 301 g/mol. The largest absolute Gasteiger partial charge is 0.467 e. The molecule has 116 valence electrons. The Labute approximate surface area is 129 Å². The van der Waals surface area contributed by atoms with Crippen molar-refractivity contribution in [2.24, 2.45) is 0 Å². The fourth-order valence-electron chi connectivity index (χ4n) is 2.38. The number of methoxy groups -OCH3 is 2. The Kier molecular flexibility index (Phi) is 5.12. The summed E-state index contributed by atoms with van der Waals surface area (Å²) in [6.07, 6.45) is 0. The lowest BCUT2D eigenvalue weighted by Gasteiger charge is -2.26. The summed E-state index contributed by atoms with van der Waals surface area (Å²) in [5.41, 5.74) is 0.547. The Morgan fingerprint density at radius 2 is 1.77 bits per heavy atom. The summed E-state index contributed by atoms with van der Waals surface area (Å²) in [7, 11) is 4.35. The van der Waals surface area contributed by atoms with Crippen molar-refractivity contribution in [1.29, 1.82) is 0 Å². The molecule has 0 bridgehead atoms. The molecule has 0 saturated carbocycles. The van der Waals surface area contributed by atoms with Crippen molar-refractivity contribution in [3.8, 4) is 0 Å². The van der Waals surface area contributed by atoms with E-state index >= 15 is 0 Å². The molecule has 2 rings (SSSR count). The average molecular weight is 301 g/mol. The number of esters is 1. The van der Waals surface area contributed by atoms with E-state index in [1.165, 1.54) is 19.1 Å². The van der Waals surface area contributed by atoms with Crippen LogP contribution >= 0.6 is 0 Å². The van der Waals surface area contributed by atoms with Gasteiger partial charge < -0.3 is 14.4 Å². The van der Waals surface area contributed by atoms with Crippen molar-refractivity contribution < 1.29 is 19.1 Å². The van der Waals surface area contributed by atoms with Gasteiger partial charge in [0, 0.05) is 19.7 Å². The molecule has 2 aromatic carbocycles. The van der Waals surface area contributed by atoms with Gasteiger partial charge >= 0.3 is 5.97 Å². The van der Waals surface area contributed by atoms with Crippen molar-refractivity contribution in [3.05, 3.63) is 48.0 Å². The minimum Gasteiger partial charge on any atom is -0.467 e. The average Bonchev–Trinajstić information content (AvgIpc) is 2.57. The fourth-order valence-corrected chi connectivity index (χ4v) is 2.38. The van der Waals surface area contributed by atoms with Crippen LogP contribution in [0.25, 0.3) is 10.8 Å². The third-order valence-electron chi connectivity index (χ3n) is 3.61. The lowest BCUT2D eigenvalue weighted by molar-refractivity contribution is -0.147. The minimum atomic E-state index is -0.776. The van der Waals surface area contributed by atoms with Gasteiger partial charge in [-0.25, -0.2) is 4.79 Å². The van der Waals surface area contributed by atoms with E-state index in [1.54, 1.807) is 13.1 Å². The lowest BCUT2D eigenvalue weighted by atomic mass is 10.0. The van der Waals surface area contributed by atoms with Crippen LogP contribution in [-0.2, 0) is 14.3 Å². The molecule has 0 aromatic heterocycles. The number of rotatable bonds is 5. The third kappa shape index (κ3) is 3.09. The maximum Gasteiger partial charge on any atom is 0.331 e. The van der Waals surface area contributed by atoms with Crippen molar-refractivity contribution in [2.75, 3.05) is 27.9 Å². The van der Waals surface area contributed by atoms with Crippen molar-refractivity contribution in [3.63, 3.8) is 0 Å². The van der Waals surface area contributed by atoms with Gasteiger partial charge in [0.05, 0.1) is 13.7 Å². The number of amides is 1. The highest BCUT2D eigenvalue weighted by molar-refractivity contribution is 6.07. The number of fused-ring (bicyclic) bond motifs is 1. The van der Waals surface area contributed by atoms with Crippen LogP contribution in [0.4, 0.5) is 0 Å². The van der Waals surface area contributed by atoms with Crippen molar-refractivity contribution in [1.82, 2.24) is 4.90 Å². The zero-order valence-corrected chi connectivity index (χ0v) is 12.9. The molecule has 0 spiro atoms. The quantitative estimate of drug-likeness (QED) is 0.794. The van der Waals surface area contributed by atoms with Crippen LogP contribution in [0.1, 0.15) is 10.4 Å². The number of carbonyl (C=O) groups is 2. The summed E-state index contributed by atoms with van der Waals surface area (Å²) in [6.45, 7) is 0.0830. The zero-order chi connectivity index (χ0) is 16.1. The maximum absolute atomic E-state index is 12.8. The van der Waals surface area contributed by atoms with Gasteiger partial charge in [0.15, 0.2) is 6.04 Å². The molecule has 0 N–H and O–H groups in total. The molecule has 0 aliphatic heterocycles. The third-order valence-corrected chi connectivity index (χ3v) is 3.61. The number of hydrogen-bond acceptors (Lipinski definition) is 4. The van der Waals surface area contributed by atoms with Crippen LogP contribution in [0.5, 0.6) is 0 Å². The van der Waals surface area contributed by atoms with Gasteiger partial charge in [-0.15, -0.1) is 0 Å². The van der Waals surface area contributed by atoms with Crippen molar-refractivity contribution in [2.45, 2.75) is 6.04 Å². The second-order valence-corrected chi connectivity index (χ2v) is 4.94. The highest BCUT2D eigenvalue weighted by Crippen LogP contribution is 2.20. The number of likely N-dealkylation sites (N-methyl/N-ethyl adjacent to an activating group) is 1. The van der Waals surface area contributed by atoms with Crippen LogP contribution in [0.2, 0.25) is 0 Å². The number of carbonyl (C=O) groups excluding carboxylic acids is 2. The summed E-state index contributed by atoms with van der Waals surface area (Å²) in [6, 6.07) is 12.4. The topological polar surface area (TPSA) is 55.8 Å². The minimum absolute atomic E-state index is 0.0830. The van der Waals surface area contributed by atoms with Gasteiger partial charge in [0.1, 0.15) is 0 Å². The first kappa shape index (κ1) is 16.0. The lowest BCUT2D eigenvalue weighted by Crippen LogP contribution is -2.45. The molecule has 0 aliphatic carbocycles. The summed E-state index contributed by atoms with van der Waals surface area (Å²) in [5, 5.41) is 1.82. The van der Waals surface area contributed by atoms with Gasteiger partial charge in [-0.05, 0) is 16.8 Å². The molecule has 0 saturated heterocycles. The van der Waals surface area contributed by atoms with Gasteiger partial charge in [0.2, 0.25) is 0 Å². The highest BCUT2D eigenvalue weighted by atomic mass is 16.5. The van der Waals surface area contributed by atoms with Crippen LogP contribution in [0.15, 0.2) is 42.5 Å². The van der Waals surface area contributed by atoms with E-state index in [0.717, 1.165) is 10.8 Å². The van der Waals surface area contributed by atoms with Gasteiger partial charge in [0.25, 0.3) is 5.91 Å². The van der Waals surface area contributed by atoms with Crippen LogP contribution in [-0.4, -0.2) is 50.7 Å². The smallest absolute Gasteiger partial charge is 0.331 e. The second kappa shape index (κ2) is 7.04. The Morgan fingerprint density at radius 3 is 2.45 bits per heavy atom. The Hall–Kier alpha value is -2.40. The molecule has 1 unspecified atom stereocenters. The molecule has 5 heteroatoms. The Balaban J connectivity index is 2.38. The molecular formula is C17H19NO4. The summed E-state index contributed by atoms with van der Waals surface area (Å²) in [4.78, 5) is 26.0. The first-order chi connectivity index (χ1) is 10.6. The summed E-state index contributed by atoms with van der Waals surface area (Å²) in [5.74, 6) is -0.748. The number of benzene rings is 2. The predicted molar refractivity (Wildman–Crippen MR) is 83.7 cm³/mol. The van der Waals surface area contributed by atoms with E-state index in [1.807, 2.05) is 36.4 Å². The van der Waals surface area contributed by atoms with Gasteiger partial charge in [-0.3, -0.25) is 4.79 Å². The van der Waals surface area contributed by atoms with E-state index in [0.29, 0.717) is 5.56 Å². The first-order valence-corrected chi connectivity index (χ1v) is 6.91. The van der Waals surface area contributed by atoms with Crippen molar-refractivity contribution >= 4 is 22.6 Å². The molecule has 1 atom stereocenters. The molecule has 5 nitrogen and oxygen atoms in total. The van der Waals surface area contributed by atoms with E-state index in [2.05, 4.69) is 0 Å². The van der Waals surface area contributed by atoms with Gasteiger partial charge in [-0.2, -0.15) is 0 Å². The normalized spacial score (nSPS) is 12.0. The highest BCUT2D eigenvalue weighted by Gasteiger charge is 2.29. The second-order valence-electron chi connectivity index (χ2n) is 4.94. The van der Waals surface area contributed by atoms with Crippen LogP contribution in [0.3, 0.4) is 0 Å². The SMILES string of the molecule is COCC(C(=O)OC)N(C)C(=O)c1cccc2ccccc12. The number of nitrogens with zero attached hydrogens (tertiary/aromatic N) is 1. The summed E-state index contributed by atoms with van der Waals surface area (Å²) < 4.78 is 9.77. The fraction of sp³-hybridized carbons (Fsp3) is 0.294. The molecule has 0 aliphatic rings. The first-order valence-electron chi connectivity index (χ1n) is 6.91. The van der Waals surface area contributed by atoms with Crippen LogP contribution < -0.4 is 0 Å². The number of hydrogen-bond donors (Lipinski definition) is 0. The van der Waals surface area contributed by atoms with E-state index in [4.69, 9.17) is 9.47 Å². The zero-order valence-electron chi connectivity index (χ0n) is 12.9. The molecule has 0 radical (unpaired) electrons. The maximum atomic E-state index is 12.8. The Bertz CT molecular complexity index is 678. The molecule has 22 heavy (non-hydrogen) atoms. The Morgan fingerprint density at radius 1 is 1.09 bits per heavy atom. The van der Waals surface area contributed by atoms with Crippen LogP contribution in [0, 0.1) is 0 Å². The molecule has 0 heterocycles. The van der Waals surface area contributed by atoms with Gasteiger partial charge in [-0.1, -0.05) is 36.4 Å². The molecule has 2 aromatic rings. The molecular weight excluding hydrogens is 282 g/mol. The molecule has 0 fully saturated rings. The van der Waals surface area contributed by atoms with E-state index in [9.17, 15) is 9.59 Å². The molecule has 1 amide bonds. The van der Waals surface area contributed by atoms with E-state index < -0.39 is 12.0 Å². The standard InChI is InChI=1S/C17H19NO4/c1-18(15(11-21-2)17(20)22-3)16(19)14-10-6-8-12-7-4-5-9-13(12)14/h4-10,15H,11H2,1-3H3. The van der Waals surface area contributed by atoms with E-state index in [-0.39, 0.29) is 12.5 Å².